The average Bonchev–Trinajstić information content (AvgIpc) is 2.56. The fraction of sp³-hybridized carbons (Fsp3) is 0.550. The molecule has 0 unspecified atom stereocenters. The third kappa shape index (κ3) is 8.11. The SMILES string of the molecule is Cc1ccc(C(C)C)c(OCC(=O)NCC(=O)N[C@@H](CC(C)C)C(=O)O)c1. The number of amides is 2. The number of carbonyl (C=O) groups excluding carboxylic acids is 2. The summed E-state index contributed by atoms with van der Waals surface area (Å²) in [5, 5.41) is 14.0. The molecule has 3 N–H and O–H groups in total. The molecule has 0 aromatic heterocycles. The van der Waals surface area contributed by atoms with Crippen LogP contribution in [-0.2, 0) is 14.4 Å². The lowest BCUT2D eigenvalue weighted by Gasteiger charge is -2.17. The van der Waals surface area contributed by atoms with Gasteiger partial charge in [-0.2, -0.15) is 0 Å². The minimum atomic E-state index is -1.09. The first-order valence-electron chi connectivity index (χ1n) is 9.12. The van der Waals surface area contributed by atoms with Crippen molar-refractivity contribution in [3.8, 4) is 5.75 Å². The van der Waals surface area contributed by atoms with Gasteiger partial charge in [0, 0.05) is 0 Å². The summed E-state index contributed by atoms with van der Waals surface area (Å²) in [5.41, 5.74) is 2.03. The Hall–Kier alpha value is -2.57. The zero-order valence-electron chi connectivity index (χ0n) is 16.7. The summed E-state index contributed by atoms with van der Waals surface area (Å²) < 4.78 is 5.61. The van der Waals surface area contributed by atoms with E-state index in [9.17, 15) is 14.4 Å². The molecule has 2 amide bonds. The maximum atomic E-state index is 12.0. The van der Waals surface area contributed by atoms with Crippen LogP contribution >= 0.6 is 0 Å². The number of hydrogen-bond acceptors (Lipinski definition) is 4. The molecule has 150 valence electrons. The van der Waals surface area contributed by atoms with E-state index in [0.29, 0.717) is 12.2 Å². The fourth-order valence-corrected chi connectivity index (χ4v) is 2.55. The molecule has 0 aliphatic rings. The van der Waals surface area contributed by atoms with Crippen LogP contribution in [0.1, 0.15) is 51.2 Å². The fourth-order valence-electron chi connectivity index (χ4n) is 2.55. The number of hydrogen-bond donors (Lipinski definition) is 3. The van der Waals surface area contributed by atoms with E-state index >= 15 is 0 Å². The normalized spacial score (nSPS) is 12.0. The summed E-state index contributed by atoms with van der Waals surface area (Å²) in [5.74, 6) is -1.06. The Morgan fingerprint density at radius 1 is 1.11 bits per heavy atom. The molecule has 1 atom stereocenters. The van der Waals surface area contributed by atoms with E-state index in [-0.39, 0.29) is 25.0 Å². The zero-order chi connectivity index (χ0) is 20.6. The van der Waals surface area contributed by atoms with Crippen molar-refractivity contribution in [1.29, 1.82) is 0 Å². The predicted octanol–water partition coefficient (Wildman–Crippen LogP) is 2.23. The van der Waals surface area contributed by atoms with Crippen LogP contribution in [0.25, 0.3) is 0 Å². The van der Waals surface area contributed by atoms with E-state index in [0.717, 1.165) is 11.1 Å². The van der Waals surface area contributed by atoms with Gasteiger partial charge in [0.2, 0.25) is 5.91 Å². The summed E-state index contributed by atoms with van der Waals surface area (Å²) in [6, 6.07) is 4.87. The summed E-state index contributed by atoms with van der Waals surface area (Å²) in [7, 11) is 0. The van der Waals surface area contributed by atoms with Gasteiger partial charge < -0.3 is 20.5 Å². The van der Waals surface area contributed by atoms with Gasteiger partial charge in [-0.3, -0.25) is 9.59 Å². The van der Waals surface area contributed by atoms with Gasteiger partial charge in [0.05, 0.1) is 6.54 Å². The van der Waals surface area contributed by atoms with Crippen LogP contribution in [0, 0.1) is 12.8 Å². The van der Waals surface area contributed by atoms with Crippen molar-refractivity contribution in [2.24, 2.45) is 5.92 Å². The molecule has 0 radical (unpaired) electrons. The molecule has 1 aromatic carbocycles. The monoisotopic (exact) mass is 378 g/mol. The molecule has 1 rings (SSSR count). The molecule has 0 saturated heterocycles. The molecule has 7 heteroatoms. The number of benzene rings is 1. The number of ether oxygens (including phenoxy) is 1. The highest BCUT2D eigenvalue weighted by Gasteiger charge is 2.21. The smallest absolute Gasteiger partial charge is 0.326 e. The number of carboxylic acid groups (broad SMARTS) is 1. The zero-order valence-corrected chi connectivity index (χ0v) is 16.7. The minimum Gasteiger partial charge on any atom is -0.483 e. The maximum Gasteiger partial charge on any atom is 0.326 e. The Bertz CT molecular complexity index is 670. The Morgan fingerprint density at radius 2 is 1.78 bits per heavy atom. The van der Waals surface area contributed by atoms with Gasteiger partial charge in [-0.1, -0.05) is 39.8 Å². The molecular formula is C20H30N2O5. The molecule has 0 saturated carbocycles. The van der Waals surface area contributed by atoms with E-state index < -0.39 is 23.8 Å². The largest absolute Gasteiger partial charge is 0.483 e. The number of aliphatic carboxylic acids is 1. The van der Waals surface area contributed by atoms with Crippen molar-refractivity contribution in [3.05, 3.63) is 29.3 Å². The number of nitrogens with one attached hydrogen (secondary N) is 2. The Kier molecular flexibility index (Phi) is 8.78. The average molecular weight is 378 g/mol. The van der Waals surface area contributed by atoms with Crippen molar-refractivity contribution in [2.45, 2.75) is 53.0 Å². The van der Waals surface area contributed by atoms with Crippen LogP contribution in [-0.4, -0.2) is 42.1 Å². The van der Waals surface area contributed by atoms with Crippen molar-refractivity contribution >= 4 is 17.8 Å². The number of aryl methyl sites for hydroxylation is 1. The lowest BCUT2D eigenvalue weighted by Crippen LogP contribution is -2.46. The molecule has 7 nitrogen and oxygen atoms in total. The molecule has 0 fully saturated rings. The van der Waals surface area contributed by atoms with Crippen molar-refractivity contribution in [3.63, 3.8) is 0 Å². The second-order valence-electron chi connectivity index (χ2n) is 7.35. The van der Waals surface area contributed by atoms with Crippen LogP contribution in [0.4, 0.5) is 0 Å². The first-order chi connectivity index (χ1) is 12.6. The van der Waals surface area contributed by atoms with Crippen LogP contribution in [0.3, 0.4) is 0 Å². The first kappa shape index (κ1) is 22.5. The quantitative estimate of drug-likeness (QED) is 0.579. The van der Waals surface area contributed by atoms with Gasteiger partial charge in [0.1, 0.15) is 11.8 Å². The van der Waals surface area contributed by atoms with E-state index in [2.05, 4.69) is 10.6 Å². The minimum absolute atomic E-state index is 0.124. The number of carbonyl (C=O) groups is 3. The maximum absolute atomic E-state index is 12.0. The van der Waals surface area contributed by atoms with Gasteiger partial charge in [-0.25, -0.2) is 4.79 Å². The highest BCUT2D eigenvalue weighted by Crippen LogP contribution is 2.27. The molecule has 1 aromatic rings. The highest BCUT2D eigenvalue weighted by molar-refractivity contribution is 5.88. The van der Waals surface area contributed by atoms with E-state index in [4.69, 9.17) is 9.84 Å². The first-order valence-corrected chi connectivity index (χ1v) is 9.12. The third-order valence-electron chi connectivity index (χ3n) is 3.94. The van der Waals surface area contributed by atoms with Crippen molar-refractivity contribution in [2.75, 3.05) is 13.2 Å². The van der Waals surface area contributed by atoms with E-state index in [1.165, 1.54) is 0 Å². The second-order valence-corrected chi connectivity index (χ2v) is 7.35. The van der Waals surface area contributed by atoms with Crippen molar-refractivity contribution in [1.82, 2.24) is 10.6 Å². The number of carboxylic acids is 1. The summed E-state index contributed by atoms with van der Waals surface area (Å²) in [6.07, 6.45) is 0.323. The second kappa shape index (κ2) is 10.5. The third-order valence-corrected chi connectivity index (χ3v) is 3.94. The van der Waals surface area contributed by atoms with Crippen LogP contribution in [0.5, 0.6) is 5.75 Å². The molecule has 0 bridgehead atoms. The molecule has 0 spiro atoms. The van der Waals surface area contributed by atoms with Gasteiger partial charge in [-0.05, 0) is 42.4 Å². The summed E-state index contributed by atoms with van der Waals surface area (Å²) in [6.45, 7) is 9.25. The summed E-state index contributed by atoms with van der Waals surface area (Å²) >= 11 is 0. The molecular weight excluding hydrogens is 348 g/mol. The van der Waals surface area contributed by atoms with Gasteiger partial charge in [0.15, 0.2) is 6.61 Å². The topological polar surface area (TPSA) is 105 Å². The van der Waals surface area contributed by atoms with Crippen LogP contribution in [0.15, 0.2) is 18.2 Å². The van der Waals surface area contributed by atoms with Gasteiger partial charge in [-0.15, -0.1) is 0 Å². The predicted molar refractivity (Wildman–Crippen MR) is 103 cm³/mol. The van der Waals surface area contributed by atoms with Gasteiger partial charge in [0.25, 0.3) is 5.91 Å². The highest BCUT2D eigenvalue weighted by atomic mass is 16.5. The number of rotatable bonds is 10. The Balaban J connectivity index is 2.51. The van der Waals surface area contributed by atoms with Crippen LogP contribution < -0.4 is 15.4 Å². The summed E-state index contributed by atoms with van der Waals surface area (Å²) in [4.78, 5) is 35.0. The van der Waals surface area contributed by atoms with E-state index in [1.807, 2.05) is 52.8 Å². The van der Waals surface area contributed by atoms with Crippen molar-refractivity contribution < 1.29 is 24.2 Å². The lowest BCUT2D eigenvalue weighted by atomic mass is 10.0. The van der Waals surface area contributed by atoms with Crippen LogP contribution in [0.2, 0.25) is 0 Å². The lowest BCUT2D eigenvalue weighted by molar-refractivity contribution is -0.142. The molecule has 0 aliphatic carbocycles. The Morgan fingerprint density at radius 3 is 2.33 bits per heavy atom. The molecule has 0 aliphatic heterocycles. The standard InChI is InChI=1S/C20H30N2O5/c1-12(2)8-16(20(25)26)22-18(23)10-21-19(24)11-27-17-9-14(5)6-7-15(17)13(3)4/h6-7,9,12-13,16H,8,10-11H2,1-5H3,(H,21,24)(H,22,23)(H,25,26)/t16-/m0/s1. The van der Waals surface area contributed by atoms with E-state index in [1.54, 1.807) is 0 Å². The Labute approximate surface area is 160 Å². The van der Waals surface area contributed by atoms with Gasteiger partial charge >= 0.3 is 5.97 Å². The molecule has 27 heavy (non-hydrogen) atoms. The molecule has 0 heterocycles.